The van der Waals surface area contributed by atoms with Crippen molar-refractivity contribution in [2.45, 2.75) is 31.4 Å². The highest BCUT2D eigenvalue weighted by Gasteiger charge is 2.19. The number of nitrogens with zero attached hydrogens (tertiary/aromatic N) is 5. The van der Waals surface area contributed by atoms with Gasteiger partial charge in [0.1, 0.15) is 17.4 Å². The number of aliphatic hydroxyl groups is 1. The van der Waals surface area contributed by atoms with Crippen LogP contribution in [-0.4, -0.2) is 42.6 Å². The molecule has 0 amide bonds. The quantitative estimate of drug-likeness (QED) is 0.264. The Morgan fingerprint density at radius 1 is 1.14 bits per heavy atom. The lowest BCUT2D eigenvalue weighted by atomic mass is 10.1. The fourth-order valence-electron chi connectivity index (χ4n) is 4.47. The number of rotatable bonds is 8. The molecule has 2 N–H and O–H groups in total. The van der Waals surface area contributed by atoms with Crippen LogP contribution in [-0.2, 0) is 13.6 Å². The number of hydrogen-bond acceptors (Lipinski definition) is 7. The van der Waals surface area contributed by atoms with Gasteiger partial charge in [0, 0.05) is 48.1 Å². The highest BCUT2D eigenvalue weighted by Crippen LogP contribution is 2.36. The van der Waals surface area contributed by atoms with Crippen LogP contribution in [0.1, 0.15) is 30.0 Å². The van der Waals surface area contributed by atoms with Gasteiger partial charge in [-0.1, -0.05) is 24.3 Å². The van der Waals surface area contributed by atoms with Crippen LogP contribution in [0.2, 0.25) is 0 Å². The normalized spacial score (nSPS) is 12.2. The van der Waals surface area contributed by atoms with E-state index in [1.807, 2.05) is 59.8 Å². The Labute approximate surface area is 220 Å². The molecule has 1 unspecified atom stereocenters. The number of anilines is 1. The van der Waals surface area contributed by atoms with Crippen molar-refractivity contribution in [1.29, 1.82) is 0 Å². The molecule has 3 heterocycles. The Balaban J connectivity index is 1.54. The highest BCUT2D eigenvalue weighted by molar-refractivity contribution is 7.98. The van der Waals surface area contributed by atoms with E-state index in [0.29, 0.717) is 17.9 Å². The average Bonchev–Trinajstić information content (AvgIpc) is 3.48. The first-order valence-corrected chi connectivity index (χ1v) is 13.2. The summed E-state index contributed by atoms with van der Waals surface area (Å²) in [4.78, 5) is 10.3. The van der Waals surface area contributed by atoms with Crippen LogP contribution in [0.25, 0.3) is 28.2 Å². The summed E-state index contributed by atoms with van der Waals surface area (Å²) in [6.45, 7) is 4.28. The van der Waals surface area contributed by atoms with E-state index in [-0.39, 0.29) is 0 Å². The highest BCUT2D eigenvalue weighted by atomic mass is 32.2. The molecule has 0 bridgehead atoms. The first-order valence-electron chi connectivity index (χ1n) is 12.0. The number of benzene rings is 2. The summed E-state index contributed by atoms with van der Waals surface area (Å²) in [5.41, 5.74) is 6.22. The van der Waals surface area contributed by atoms with Gasteiger partial charge in [-0.2, -0.15) is 9.61 Å². The number of nitrogens with one attached hydrogen (secondary N) is 1. The molecule has 190 valence electrons. The molecule has 0 aliphatic rings. The van der Waals surface area contributed by atoms with Gasteiger partial charge >= 0.3 is 0 Å². The molecule has 0 aliphatic carbocycles. The van der Waals surface area contributed by atoms with Crippen LogP contribution in [0.3, 0.4) is 0 Å². The lowest BCUT2D eigenvalue weighted by molar-refractivity contribution is 0.194. The van der Waals surface area contributed by atoms with E-state index in [4.69, 9.17) is 14.8 Å². The van der Waals surface area contributed by atoms with E-state index in [1.165, 1.54) is 0 Å². The predicted octanol–water partition coefficient (Wildman–Crippen LogP) is 5.50. The largest absolute Gasteiger partial charge is 0.496 e. The molecule has 2 aromatic carbocycles. The predicted molar refractivity (Wildman–Crippen MR) is 148 cm³/mol. The van der Waals surface area contributed by atoms with Gasteiger partial charge in [0.25, 0.3) is 0 Å². The van der Waals surface area contributed by atoms with E-state index in [1.54, 1.807) is 32.0 Å². The second-order valence-corrected chi connectivity index (χ2v) is 9.77. The van der Waals surface area contributed by atoms with Crippen LogP contribution in [0, 0.1) is 6.92 Å². The van der Waals surface area contributed by atoms with Crippen molar-refractivity contribution >= 4 is 23.2 Å². The molecule has 0 saturated carbocycles. The molecule has 8 nitrogen and oxygen atoms in total. The van der Waals surface area contributed by atoms with Crippen LogP contribution in [0.5, 0.6) is 5.75 Å². The Morgan fingerprint density at radius 2 is 1.97 bits per heavy atom. The number of aromatic nitrogens is 5. The van der Waals surface area contributed by atoms with Crippen LogP contribution in [0.15, 0.2) is 65.8 Å². The lowest BCUT2D eigenvalue weighted by Crippen LogP contribution is -2.09. The zero-order valence-corrected chi connectivity index (χ0v) is 22.4. The van der Waals surface area contributed by atoms with Crippen molar-refractivity contribution in [2.75, 3.05) is 18.7 Å². The van der Waals surface area contributed by atoms with E-state index < -0.39 is 6.10 Å². The number of imidazole rings is 1. The topological polar surface area (TPSA) is 89.5 Å². The Hall–Kier alpha value is -3.82. The number of hydrogen-bond donors (Lipinski definition) is 2. The molecule has 0 saturated heterocycles. The standard InChI is InChI=1S/C28H30N6O2S/c1-17-26(20-9-10-23(36-4)24(14-20)37-5)28-31-22(18(2)35)15-25(34(28)32-17)30-16-19-7-6-8-21(13-19)27-29-11-12-33(27)3/h6-15,18,30,35H,16H2,1-5H3. The average molecular weight is 515 g/mol. The van der Waals surface area contributed by atoms with Crippen LogP contribution in [0.4, 0.5) is 5.82 Å². The van der Waals surface area contributed by atoms with Gasteiger partial charge in [0.15, 0.2) is 5.65 Å². The fourth-order valence-corrected chi connectivity index (χ4v) is 5.07. The second kappa shape index (κ2) is 10.3. The second-order valence-electron chi connectivity index (χ2n) is 8.92. The molecular weight excluding hydrogens is 484 g/mol. The van der Waals surface area contributed by atoms with Crippen molar-refractivity contribution < 1.29 is 9.84 Å². The van der Waals surface area contributed by atoms with Crippen molar-refractivity contribution in [3.63, 3.8) is 0 Å². The van der Waals surface area contributed by atoms with Crippen molar-refractivity contribution in [3.8, 4) is 28.3 Å². The van der Waals surface area contributed by atoms with Gasteiger partial charge in [-0.05, 0) is 49.4 Å². The zero-order valence-electron chi connectivity index (χ0n) is 21.6. The van der Waals surface area contributed by atoms with Crippen molar-refractivity contribution in [1.82, 2.24) is 24.1 Å². The molecule has 0 aliphatic heterocycles. The summed E-state index contributed by atoms with van der Waals surface area (Å²) in [5.74, 6) is 2.51. The molecule has 0 spiro atoms. The van der Waals surface area contributed by atoms with Gasteiger partial charge in [-0.3, -0.25) is 0 Å². The molecule has 1 atom stereocenters. The number of ether oxygens (including phenoxy) is 1. The summed E-state index contributed by atoms with van der Waals surface area (Å²) in [6.07, 6.45) is 5.04. The molecule has 0 fully saturated rings. The van der Waals surface area contributed by atoms with E-state index in [9.17, 15) is 5.11 Å². The van der Waals surface area contributed by atoms with E-state index >= 15 is 0 Å². The van der Waals surface area contributed by atoms with E-state index in [2.05, 4.69) is 34.6 Å². The summed E-state index contributed by atoms with van der Waals surface area (Å²) in [7, 11) is 3.66. The van der Waals surface area contributed by atoms with Crippen molar-refractivity contribution in [3.05, 3.63) is 77.9 Å². The van der Waals surface area contributed by atoms with Gasteiger partial charge in [0.05, 0.1) is 24.6 Å². The summed E-state index contributed by atoms with van der Waals surface area (Å²) in [5, 5.41) is 18.8. The maximum atomic E-state index is 10.4. The molecule has 0 radical (unpaired) electrons. The van der Waals surface area contributed by atoms with Gasteiger partial charge in [0.2, 0.25) is 0 Å². The molecule has 3 aromatic heterocycles. The monoisotopic (exact) mass is 514 g/mol. The van der Waals surface area contributed by atoms with Crippen LogP contribution < -0.4 is 10.1 Å². The Kier molecular flexibility index (Phi) is 6.90. The number of methoxy groups -OCH3 is 1. The van der Waals surface area contributed by atoms with Crippen LogP contribution >= 0.6 is 11.8 Å². The van der Waals surface area contributed by atoms with Gasteiger partial charge < -0.3 is 19.7 Å². The SMILES string of the molecule is COc1ccc(-c2c(C)nn3c(NCc4cccc(-c5nccn5C)c4)cc(C(C)O)nc23)cc1SC. The summed E-state index contributed by atoms with van der Waals surface area (Å²) in [6, 6.07) is 16.2. The van der Waals surface area contributed by atoms with Gasteiger partial charge in [-0.25, -0.2) is 9.97 Å². The van der Waals surface area contributed by atoms with Crippen molar-refractivity contribution in [2.24, 2.45) is 7.05 Å². The van der Waals surface area contributed by atoms with E-state index in [0.717, 1.165) is 50.2 Å². The summed E-state index contributed by atoms with van der Waals surface area (Å²) < 4.78 is 9.33. The number of aliphatic hydroxyl groups excluding tert-OH is 1. The molecule has 5 aromatic rings. The Morgan fingerprint density at radius 3 is 2.68 bits per heavy atom. The number of fused-ring (bicyclic) bond motifs is 1. The summed E-state index contributed by atoms with van der Waals surface area (Å²) >= 11 is 1.63. The number of thioether (sulfide) groups is 1. The third-order valence-electron chi connectivity index (χ3n) is 6.36. The third kappa shape index (κ3) is 4.80. The minimum atomic E-state index is -0.724. The molecule has 9 heteroatoms. The minimum absolute atomic E-state index is 0.573. The number of aryl methyl sites for hydroxylation is 2. The van der Waals surface area contributed by atoms with Gasteiger partial charge in [-0.15, -0.1) is 11.8 Å². The Bertz CT molecular complexity index is 1570. The fraction of sp³-hybridized carbons (Fsp3) is 0.250. The maximum absolute atomic E-state index is 10.4. The zero-order chi connectivity index (χ0) is 26.1. The molecule has 37 heavy (non-hydrogen) atoms. The third-order valence-corrected chi connectivity index (χ3v) is 7.12. The smallest absolute Gasteiger partial charge is 0.165 e. The molecule has 5 rings (SSSR count). The lowest BCUT2D eigenvalue weighted by Gasteiger charge is -2.13. The maximum Gasteiger partial charge on any atom is 0.165 e. The molecular formula is C28H30N6O2S. The first-order chi connectivity index (χ1) is 17.9. The first kappa shape index (κ1) is 24.9. The minimum Gasteiger partial charge on any atom is -0.496 e.